The lowest BCUT2D eigenvalue weighted by atomic mass is 10.1. The van der Waals surface area contributed by atoms with Crippen LogP contribution in [-0.4, -0.2) is 30.9 Å². The number of ether oxygens (including phenoxy) is 3. The third-order valence-electron chi connectivity index (χ3n) is 4.11. The molecule has 0 aliphatic carbocycles. The summed E-state index contributed by atoms with van der Waals surface area (Å²) in [6.07, 6.45) is 0.256. The highest BCUT2D eigenvalue weighted by molar-refractivity contribution is 7.99. The molecule has 0 amide bonds. The molecule has 2 aromatic rings. The van der Waals surface area contributed by atoms with Crippen molar-refractivity contribution >= 4 is 23.5 Å². The van der Waals surface area contributed by atoms with Crippen LogP contribution in [0.5, 0.6) is 11.5 Å². The van der Waals surface area contributed by atoms with Crippen LogP contribution < -0.4 is 9.47 Å². The molecule has 0 radical (unpaired) electrons. The highest BCUT2D eigenvalue weighted by atomic mass is 32.2. The molecule has 3 rings (SSSR count). The van der Waals surface area contributed by atoms with E-state index in [9.17, 15) is 9.59 Å². The topological polar surface area (TPSA) is 61.8 Å². The number of Topliss-reactive ketones (excluding diaryl/α,β-unsaturated/α-hetero) is 1. The minimum Gasteiger partial charge on any atom is -0.457 e. The SMILES string of the molecule is Cc1ccc(SCCC(=O)OCC(=O)c2ccc3c(c2)OCO3)cc1C. The monoisotopic (exact) mass is 372 g/mol. The van der Waals surface area contributed by atoms with E-state index < -0.39 is 0 Å². The van der Waals surface area contributed by atoms with Crippen LogP contribution in [0, 0.1) is 13.8 Å². The Labute approximate surface area is 156 Å². The number of rotatable bonds is 7. The van der Waals surface area contributed by atoms with Gasteiger partial charge in [0.05, 0.1) is 6.42 Å². The molecule has 0 aromatic heterocycles. The number of hydrogen-bond donors (Lipinski definition) is 0. The fraction of sp³-hybridized carbons (Fsp3) is 0.300. The number of fused-ring (bicyclic) bond motifs is 1. The molecule has 6 heteroatoms. The Morgan fingerprint density at radius 2 is 1.85 bits per heavy atom. The number of carbonyl (C=O) groups excluding carboxylic acids is 2. The molecule has 1 aliphatic heterocycles. The Morgan fingerprint density at radius 3 is 2.65 bits per heavy atom. The van der Waals surface area contributed by atoms with Gasteiger partial charge >= 0.3 is 5.97 Å². The van der Waals surface area contributed by atoms with Gasteiger partial charge in [0.25, 0.3) is 0 Å². The first kappa shape index (κ1) is 18.3. The molecule has 1 aliphatic rings. The molecule has 0 unspecified atom stereocenters. The Bertz CT molecular complexity index is 831. The molecule has 0 spiro atoms. The summed E-state index contributed by atoms with van der Waals surface area (Å²) in [7, 11) is 0. The number of esters is 1. The van der Waals surface area contributed by atoms with Crippen LogP contribution in [0.3, 0.4) is 0 Å². The van der Waals surface area contributed by atoms with Gasteiger partial charge in [-0.2, -0.15) is 0 Å². The van der Waals surface area contributed by atoms with E-state index in [1.165, 1.54) is 11.1 Å². The van der Waals surface area contributed by atoms with E-state index in [-0.39, 0.29) is 31.6 Å². The Hall–Kier alpha value is -2.47. The van der Waals surface area contributed by atoms with Gasteiger partial charge < -0.3 is 14.2 Å². The second-order valence-electron chi connectivity index (χ2n) is 6.00. The molecule has 0 N–H and O–H groups in total. The van der Waals surface area contributed by atoms with E-state index in [1.807, 2.05) is 6.07 Å². The van der Waals surface area contributed by atoms with Gasteiger partial charge in [-0.05, 0) is 55.3 Å². The number of thioether (sulfide) groups is 1. The normalized spacial score (nSPS) is 12.1. The molecule has 0 atom stereocenters. The summed E-state index contributed by atoms with van der Waals surface area (Å²) >= 11 is 1.60. The molecule has 1 heterocycles. The van der Waals surface area contributed by atoms with Gasteiger partial charge in [-0.25, -0.2) is 0 Å². The minimum atomic E-state index is -0.379. The molecule has 5 nitrogen and oxygen atoms in total. The van der Waals surface area contributed by atoms with Crippen LogP contribution in [0.25, 0.3) is 0 Å². The zero-order chi connectivity index (χ0) is 18.5. The van der Waals surface area contributed by atoms with Gasteiger partial charge in [0, 0.05) is 16.2 Å². The molecule has 0 saturated heterocycles. The van der Waals surface area contributed by atoms with E-state index in [2.05, 4.69) is 26.0 Å². The van der Waals surface area contributed by atoms with Crippen LogP contribution in [0.1, 0.15) is 27.9 Å². The fourth-order valence-electron chi connectivity index (χ4n) is 2.43. The number of aryl methyl sites for hydroxylation is 2. The maximum atomic E-state index is 12.1. The fourth-order valence-corrected chi connectivity index (χ4v) is 3.36. The molecule has 136 valence electrons. The smallest absolute Gasteiger partial charge is 0.307 e. The predicted molar refractivity (Wildman–Crippen MR) is 99.1 cm³/mol. The summed E-state index contributed by atoms with van der Waals surface area (Å²) in [6.45, 7) is 4.01. The molecule has 0 fully saturated rings. The van der Waals surface area contributed by atoms with Gasteiger partial charge in [-0.15, -0.1) is 11.8 Å². The third kappa shape index (κ3) is 4.58. The number of ketones is 1. The second kappa shape index (κ2) is 8.27. The lowest BCUT2D eigenvalue weighted by Gasteiger charge is -2.06. The Morgan fingerprint density at radius 1 is 1.04 bits per heavy atom. The first-order chi connectivity index (χ1) is 12.5. The van der Waals surface area contributed by atoms with E-state index in [1.54, 1.807) is 30.0 Å². The quantitative estimate of drug-likeness (QED) is 0.417. The van der Waals surface area contributed by atoms with Gasteiger partial charge in [0.15, 0.2) is 23.9 Å². The minimum absolute atomic E-state index is 0.153. The lowest BCUT2D eigenvalue weighted by Crippen LogP contribution is -2.14. The summed E-state index contributed by atoms with van der Waals surface area (Å²) in [4.78, 5) is 25.1. The average molecular weight is 372 g/mol. The van der Waals surface area contributed by atoms with Crippen LogP contribution in [-0.2, 0) is 9.53 Å². The zero-order valence-electron chi connectivity index (χ0n) is 14.7. The average Bonchev–Trinajstić information content (AvgIpc) is 3.10. The van der Waals surface area contributed by atoms with Crippen molar-refractivity contribution in [1.29, 1.82) is 0 Å². The van der Waals surface area contributed by atoms with Crippen molar-refractivity contribution in [3.63, 3.8) is 0 Å². The highest BCUT2D eigenvalue weighted by Crippen LogP contribution is 2.32. The lowest BCUT2D eigenvalue weighted by molar-refractivity contribution is -0.141. The van der Waals surface area contributed by atoms with Crippen molar-refractivity contribution in [2.75, 3.05) is 19.2 Å². The van der Waals surface area contributed by atoms with Crippen molar-refractivity contribution in [2.45, 2.75) is 25.2 Å². The summed E-state index contributed by atoms with van der Waals surface area (Å²) < 4.78 is 15.5. The maximum absolute atomic E-state index is 12.1. The van der Waals surface area contributed by atoms with Gasteiger partial charge in [0.2, 0.25) is 6.79 Å². The Kier molecular flexibility index (Phi) is 5.83. The Balaban J connectivity index is 1.42. The summed E-state index contributed by atoms with van der Waals surface area (Å²) in [5.41, 5.74) is 2.91. The molecule has 0 saturated carbocycles. The third-order valence-corrected chi connectivity index (χ3v) is 5.11. The number of benzene rings is 2. The van der Waals surface area contributed by atoms with Gasteiger partial charge in [-0.1, -0.05) is 6.07 Å². The maximum Gasteiger partial charge on any atom is 0.307 e. The van der Waals surface area contributed by atoms with Crippen molar-refractivity contribution in [1.82, 2.24) is 0 Å². The summed E-state index contributed by atoms with van der Waals surface area (Å²) in [5, 5.41) is 0. The van der Waals surface area contributed by atoms with Crippen LogP contribution >= 0.6 is 11.8 Å². The highest BCUT2D eigenvalue weighted by Gasteiger charge is 2.17. The van der Waals surface area contributed by atoms with E-state index in [0.29, 0.717) is 22.8 Å². The standard InChI is InChI=1S/C20H20O5S/c1-13-3-5-16(9-14(13)2)26-8-7-20(22)23-11-17(21)15-4-6-18-19(10-15)25-12-24-18/h3-6,9-10H,7-8,11-12H2,1-2H3. The number of hydrogen-bond acceptors (Lipinski definition) is 6. The summed E-state index contributed by atoms with van der Waals surface area (Å²) in [6, 6.07) is 11.1. The molecular weight excluding hydrogens is 352 g/mol. The first-order valence-corrected chi connectivity index (χ1v) is 9.30. The number of carbonyl (C=O) groups is 2. The van der Waals surface area contributed by atoms with Crippen molar-refractivity contribution < 1.29 is 23.8 Å². The molecule has 2 aromatic carbocycles. The zero-order valence-corrected chi connectivity index (χ0v) is 15.6. The van der Waals surface area contributed by atoms with Gasteiger partial charge in [0.1, 0.15) is 0 Å². The summed E-state index contributed by atoms with van der Waals surface area (Å²) in [5.74, 6) is 1.11. The van der Waals surface area contributed by atoms with Crippen molar-refractivity contribution in [2.24, 2.45) is 0 Å². The van der Waals surface area contributed by atoms with Crippen LogP contribution in [0.2, 0.25) is 0 Å². The van der Waals surface area contributed by atoms with E-state index in [4.69, 9.17) is 14.2 Å². The van der Waals surface area contributed by atoms with Crippen molar-refractivity contribution in [3.05, 3.63) is 53.1 Å². The van der Waals surface area contributed by atoms with Crippen molar-refractivity contribution in [3.8, 4) is 11.5 Å². The first-order valence-electron chi connectivity index (χ1n) is 8.31. The van der Waals surface area contributed by atoms with Crippen LogP contribution in [0.15, 0.2) is 41.3 Å². The second-order valence-corrected chi connectivity index (χ2v) is 7.16. The van der Waals surface area contributed by atoms with Crippen LogP contribution in [0.4, 0.5) is 0 Å². The molecule has 0 bridgehead atoms. The molecular formula is C20H20O5S. The van der Waals surface area contributed by atoms with E-state index >= 15 is 0 Å². The molecule has 26 heavy (non-hydrogen) atoms. The van der Waals surface area contributed by atoms with Gasteiger partial charge in [-0.3, -0.25) is 9.59 Å². The predicted octanol–water partition coefficient (Wildman–Crippen LogP) is 3.94. The van der Waals surface area contributed by atoms with E-state index in [0.717, 1.165) is 4.90 Å². The largest absolute Gasteiger partial charge is 0.457 e.